The highest BCUT2D eigenvalue weighted by atomic mass is 35.5. The quantitative estimate of drug-likeness (QED) is 0.862. The molecular weight excluding hydrogens is 374 g/mol. The van der Waals surface area contributed by atoms with Crippen LogP contribution in [0.2, 0.25) is 5.02 Å². The summed E-state index contributed by atoms with van der Waals surface area (Å²) in [6, 6.07) is 7.81. The number of pyridine rings is 1. The third kappa shape index (κ3) is 4.06. The third-order valence-corrected chi connectivity index (χ3v) is 6.49. The summed E-state index contributed by atoms with van der Waals surface area (Å²) >= 11 is 5.89. The molecule has 2 aromatic rings. The molecule has 1 aliphatic rings. The number of sulfonamides is 1. The summed E-state index contributed by atoms with van der Waals surface area (Å²) in [6.45, 7) is 2.87. The average Bonchev–Trinajstić information content (AvgIpc) is 2.64. The van der Waals surface area contributed by atoms with E-state index in [0.29, 0.717) is 23.8 Å². The Morgan fingerprint density at radius 3 is 2.58 bits per heavy atom. The molecule has 0 spiro atoms. The van der Waals surface area contributed by atoms with Gasteiger partial charge in [0, 0.05) is 30.0 Å². The maximum absolute atomic E-state index is 12.8. The lowest BCUT2D eigenvalue weighted by Gasteiger charge is -2.26. The highest BCUT2D eigenvalue weighted by Gasteiger charge is 2.26. The van der Waals surface area contributed by atoms with E-state index < -0.39 is 15.9 Å². The number of carbonyl (C=O) groups excluding carboxylic acids is 1. The molecule has 0 unspecified atom stereocenters. The third-order valence-electron chi connectivity index (χ3n) is 4.36. The highest BCUT2D eigenvalue weighted by Crippen LogP contribution is 2.25. The van der Waals surface area contributed by atoms with E-state index >= 15 is 0 Å². The molecule has 2 heterocycles. The van der Waals surface area contributed by atoms with Crippen LogP contribution in [0.15, 0.2) is 41.4 Å². The maximum Gasteiger partial charge on any atom is 0.274 e. The Kier molecular flexibility index (Phi) is 5.60. The number of hydrogen-bond acceptors (Lipinski definition) is 4. The van der Waals surface area contributed by atoms with Crippen LogP contribution in [0, 0.1) is 6.92 Å². The number of rotatable bonds is 4. The van der Waals surface area contributed by atoms with E-state index in [2.05, 4.69) is 10.3 Å². The number of anilines is 1. The summed E-state index contributed by atoms with van der Waals surface area (Å²) in [4.78, 5) is 16.6. The van der Waals surface area contributed by atoms with Crippen LogP contribution in [0.4, 0.5) is 5.69 Å². The molecule has 0 bridgehead atoms. The topological polar surface area (TPSA) is 79.4 Å². The molecule has 1 fully saturated rings. The molecule has 1 saturated heterocycles. The minimum atomic E-state index is -3.56. The fourth-order valence-corrected chi connectivity index (χ4v) is 4.57. The Bertz CT molecular complexity index is 925. The van der Waals surface area contributed by atoms with Crippen molar-refractivity contribution >= 4 is 33.2 Å². The number of amides is 1. The van der Waals surface area contributed by atoms with Gasteiger partial charge in [0.25, 0.3) is 5.91 Å². The molecule has 0 atom stereocenters. The normalized spacial score (nSPS) is 15.6. The molecule has 8 heteroatoms. The van der Waals surface area contributed by atoms with Gasteiger partial charge in [0.1, 0.15) is 5.69 Å². The van der Waals surface area contributed by atoms with Crippen LogP contribution in [0.5, 0.6) is 0 Å². The van der Waals surface area contributed by atoms with Crippen molar-refractivity contribution in [1.29, 1.82) is 0 Å². The first-order valence-corrected chi connectivity index (χ1v) is 10.2. The van der Waals surface area contributed by atoms with E-state index in [1.54, 1.807) is 25.1 Å². The fraction of sp³-hybridized carbons (Fsp3) is 0.333. The molecule has 1 aromatic carbocycles. The molecule has 0 aliphatic carbocycles. The number of aryl methyl sites for hydroxylation is 1. The molecule has 0 radical (unpaired) electrons. The van der Waals surface area contributed by atoms with Crippen molar-refractivity contribution in [1.82, 2.24) is 9.29 Å². The molecule has 1 aliphatic heterocycles. The first kappa shape index (κ1) is 18.8. The number of aromatic nitrogens is 1. The van der Waals surface area contributed by atoms with Crippen LogP contribution in [-0.4, -0.2) is 36.7 Å². The second-order valence-corrected chi connectivity index (χ2v) is 8.63. The SMILES string of the molecule is Cc1ccc(S(=O)(=O)N2CCCCC2)cc1NC(=O)c1cc(Cl)ccn1. The zero-order valence-corrected chi connectivity index (χ0v) is 16.0. The van der Waals surface area contributed by atoms with Gasteiger partial charge in [-0.3, -0.25) is 9.78 Å². The number of benzene rings is 1. The lowest BCUT2D eigenvalue weighted by atomic mass is 10.2. The van der Waals surface area contributed by atoms with Gasteiger partial charge < -0.3 is 5.32 Å². The van der Waals surface area contributed by atoms with Crippen molar-refractivity contribution in [2.24, 2.45) is 0 Å². The van der Waals surface area contributed by atoms with Crippen LogP contribution in [0.25, 0.3) is 0 Å². The van der Waals surface area contributed by atoms with Crippen molar-refractivity contribution < 1.29 is 13.2 Å². The lowest BCUT2D eigenvalue weighted by molar-refractivity contribution is 0.102. The van der Waals surface area contributed by atoms with Crippen molar-refractivity contribution in [3.8, 4) is 0 Å². The molecule has 1 aromatic heterocycles. The summed E-state index contributed by atoms with van der Waals surface area (Å²) in [5.41, 5.74) is 1.37. The van der Waals surface area contributed by atoms with Crippen molar-refractivity contribution in [3.63, 3.8) is 0 Å². The van der Waals surface area contributed by atoms with Gasteiger partial charge in [-0.05, 0) is 49.6 Å². The monoisotopic (exact) mass is 393 g/mol. The van der Waals surface area contributed by atoms with Gasteiger partial charge in [-0.25, -0.2) is 8.42 Å². The second-order valence-electron chi connectivity index (χ2n) is 6.25. The zero-order valence-electron chi connectivity index (χ0n) is 14.4. The van der Waals surface area contributed by atoms with Gasteiger partial charge in [-0.15, -0.1) is 0 Å². The molecule has 0 saturated carbocycles. The van der Waals surface area contributed by atoms with Crippen LogP contribution in [0.1, 0.15) is 35.3 Å². The first-order valence-electron chi connectivity index (χ1n) is 8.41. The van der Waals surface area contributed by atoms with Gasteiger partial charge in [0.15, 0.2) is 0 Å². The summed E-state index contributed by atoms with van der Waals surface area (Å²) < 4.78 is 27.2. The molecule has 26 heavy (non-hydrogen) atoms. The Hall–Kier alpha value is -1.96. The smallest absolute Gasteiger partial charge is 0.274 e. The van der Waals surface area contributed by atoms with E-state index in [-0.39, 0.29) is 10.6 Å². The number of hydrogen-bond donors (Lipinski definition) is 1. The van der Waals surface area contributed by atoms with Crippen LogP contribution in [-0.2, 0) is 10.0 Å². The average molecular weight is 394 g/mol. The van der Waals surface area contributed by atoms with E-state index in [0.717, 1.165) is 24.8 Å². The van der Waals surface area contributed by atoms with Crippen LogP contribution in [0.3, 0.4) is 0 Å². The lowest BCUT2D eigenvalue weighted by Crippen LogP contribution is -2.35. The predicted octanol–water partition coefficient (Wildman–Crippen LogP) is 3.47. The van der Waals surface area contributed by atoms with E-state index in [1.807, 2.05) is 0 Å². The van der Waals surface area contributed by atoms with E-state index in [1.165, 1.54) is 22.6 Å². The number of nitrogens with zero attached hydrogens (tertiary/aromatic N) is 2. The Balaban J connectivity index is 1.87. The van der Waals surface area contributed by atoms with Crippen LogP contribution < -0.4 is 5.32 Å². The van der Waals surface area contributed by atoms with Crippen molar-refractivity contribution in [2.75, 3.05) is 18.4 Å². The molecule has 1 N–H and O–H groups in total. The van der Waals surface area contributed by atoms with Crippen LogP contribution >= 0.6 is 11.6 Å². The molecule has 6 nitrogen and oxygen atoms in total. The predicted molar refractivity (Wildman–Crippen MR) is 101 cm³/mol. The van der Waals surface area contributed by atoms with E-state index in [9.17, 15) is 13.2 Å². The number of nitrogens with one attached hydrogen (secondary N) is 1. The Morgan fingerprint density at radius 2 is 1.88 bits per heavy atom. The standard InChI is InChI=1S/C18H20ClN3O3S/c1-13-5-6-15(26(24,25)22-9-3-2-4-10-22)12-16(13)21-18(23)17-11-14(19)7-8-20-17/h5-8,11-12H,2-4,9-10H2,1H3,(H,21,23). The van der Waals surface area contributed by atoms with Crippen molar-refractivity contribution in [2.45, 2.75) is 31.1 Å². The van der Waals surface area contributed by atoms with Gasteiger partial charge in [-0.2, -0.15) is 4.31 Å². The summed E-state index contributed by atoms with van der Waals surface area (Å²) in [6.07, 6.45) is 4.24. The number of halogens is 1. The summed E-state index contributed by atoms with van der Waals surface area (Å²) in [7, 11) is -3.56. The summed E-state index contributed by atoms with van der Waals surface area (Å²) in [5, 5.41) is 3.13. The highest BCUT2D eigenvalue weighted by molar-refractivity contribution is 7.89. The van der Waals surface area contributed by atoms with Gasteiger partial charge >= 0.3 is 0 Å². The number of carbonyl (C=O) groups is 1. The fourth-order valence-electron chi connectivity index (χ4n) is 2.87. The molecular formula is C18H20ClN3O3S. The molecule has 1 amide bonds. The first-order chi connectivity index (χ1) is 12.4. The summed E-state index contributed by atoms with van der Waals surface area (Å²) in [5.74, 6) is -0.442. The second kappa shape index (κ2) is 7.73. The van der Waals surface area contributed by atoms with E-state index in [4.69, 9.17) is 11.6 Å². The number of piperidine rings is 1. The maximum atomic E-state index is 12.8. The zero-order chi connectivity index (χ0) is 18.7. The molecule has 138 valence electrons. The van der Waals surface area contributed by atoms with Gasteiger partial charge in [0.2, 0.25) is 10.0 Å². The Morgan fingerprint density at radius 1 is 1.15 bits per heavy atom. The minimum absolute atomic E-state index is 0.168. The minimum Gasteiger partial charge on any atom is -0.320 e. The molecule has 3 rings (SSSR count). The van der Waals surface area contributed by atoms with Crippen molar-refractivity contribution in [3.05, 3.63) is 52.8 Å². The van der Waals surface area contributed by atoms with Gasteiger partial charge in [-0.1, -0.05) is 24.1 Å². The van der Waals surface area contributed by atoms with Gasteiger partial charge in [0.05, 0.1) is 4.90 Å². The Labute approximate surface area is 158 Å². The largest absolute Gasteiger partial charge is 0.320 e.